The molecule has 0 fully saturated rings. The molecule has 0 rings (SSSR count). The Hall–Kier alpha value is -3.34. The summed E-state index contributed by atoms with van der Waals surface area (Å²) in [5, 5.41) is 9.77. The van der Waals surface area contributed by atoms with Crippen LogP contribution in [0.5, 0.6) is 0 Å². The van der Waals surface area contributed by atoms with Crippen LogP contribution < -0.4 is 0 Å². The summed E-state index contributed by atoms with van der Waals surface area (Å²) in [7, 11) is -4.77. The van der Waals surface area contributed by atoms with Crippen molar-refractivity contribution >= 4 is 25.7 Å². The summed E-state index contributed by atoms with van der Waals surface area (Å²) in [5.41, 5.74) is 0. The van der Waals surface area contributed by atoms with Crippen LogP contribution in [-0.2, 0) is 42.2 Å². The first-order chi connectivity index (χ1) is 33.2. The molecular formula is C56H95O11P. The van der Waals surface area contributed by atoms with E-state index in [9.17, 15) is 28.9 Å². The van der Waals surface area contributed by atoms with Gasteiger partial charge in [-0.15, -0.1) is 0 Å². The Morgan fingerprint density at radius 3 is 1.34 bits per heavy atom. The highest BCUT2D eigenvalue weighted by molar-refractivity contribution is 7.47. The number of phosphoric acid groups is 1. The number of allylic oxidation sites excluding steroid dienone is 14. The maximum Gasteiger partial charge on any atom is 0.472 e. The lowest BCUT2D eigenvalue weighted by atomic mass is 10.1. The van der Waals surface area contributed by atoms with Gasteiger partial charge in [-0.2, -0.15) is 0 Å². The van der Waals surface area contributed by atoms with Gasteiger partial charge in [-0.05, 0) is 96.3 Å². The molecule has 0 saturated heterocycles. The van der Waals surface area contributed by atoms with Gasteiger partial charge in [-0.3, -0.25) is 23.4 Å². The van der Waals surface area contributed by atoms with E-state index in [0.29, 0.717) is 19.3 Å². The smallest absolute Gasteiger partial charge is 0.462 e. The highest BCUT2D eigenvalue weighted by Crippen LogP contribution is 2.43. The van der Waals surface area contributed by atoms with Crippen molar-refractivity contribution in [3.05, 3.63) is 85.1 Å². The SMILES string of the molecule is CC/C=C\C/C=C\C/C=C\C/C=C\CCC(=O)OC(COC(=O)CCCCCCC/C=C\CCCCCCCC)COP(=O)(O)OCC(CO)OC(=O)CCCCCCC/C=C\C/C=C\CCC. The first-order valence-corrected chi connectivity index (χ1v) is 28.0. The van der Waals surface area contributed by atoms with Crippen molar-refractivity contribution in [2.45, 2.75) is 226 Å². The van der Waals surface area contributed by atoms with Crippen LogP contribution in [0.1, 0.15) is 213 Å². The molecular weight excluding hydrogens is 880 g/mol. The van der Waals surface area contributed by atoms with Crippen LogP contribution in [0.3, 0.4) is 0 Å². The Bertz CT molecular complexity index is 1460. The molecule has 0 radical (unpaired) electrons. The molecule has 0 aromatic carbocycles. The average molecular weight is 975 g/mol. The number of hydrogen-bond donors (Lipinski definition) is 2. The Balaban J connectivity index is 4.83. The van der Waals surface area contributed by atoms with Gasteiger partial charge in [0.2, 0.25) is 0 Å². The van der Waals surface area contributed by atoms with Crippen molar-refractivity contribution in [3.63, 3.8) is 0 Å². The summed E-state index contributed by atoms with van der Waals surface area (Å²) in [6.07, 6.45) is 55.7. The third-order valence-corrected chi connectivity index (χ3v) is 11.7. The van der Waals surface area contributed by atoms with Crippen LogP contribution >= 0.6 is 7.82 Å². The summed E-state index contributed by atoms with van der Waals surface area (Å²) >= 11 is 0. The summed E-state index contributed by atoms with van der Waals surface area (Å²) in [4.78, 5) is 48.3. The molecule has 2 N–H and O–H groups in total. The molecule has 12 heteroatoms. The lowest BCUT2D eigenvalue weighted by Gasteiger charge is -2.21. The minimum atomic E-state index is -4.77. The molecule has 0 spiro atoms. The van der Waals surface area contributed by atoms with Crippen molar-refractivity contribution in [1.29, 1.82) is 0 Å². The van der Waals surface area contributed by atoms with Crippen molar-refractivity contribution < 1.29 is 52.2 Å². The molecule has 0 aliphatic heterocycles. The lowest BCUT2D eigenvalue weighted by molar-refractivity contribution is -0.161. The van der Waals surface area contributed by atoms with Gasteiger partial charge in [0, 0.05) is 19.3 Å². The van der Waals surface area contributed by atoms with Crippen LogP contribution in [0.4, 0.5) is 0 Å². The summed E-state index contributed by atoms with van der Waals surface area (Å²) in [6.45, 7) is 4.33. The zero-order chi connectivity index (χ0) is 49.9. The second-order valence-corrected chi connectivity index (χ2v) is 18.8. The van der Waals surface area contributed by atoms with E-state index in [1.54, 1.807) is 0 Å². The number of phosphoric ester groups is 1. The average Bonchev–Trinajstić information content (AvgIpc) is 3.32. The zero-order valence-corrected chi connectivity index (χ0v) is 43.7. The maximum atomic E-state index is 12.8. The topological polar surface area (TPSA) is 155 Å². The summed E-state index contributed by atoms with van der Waals surface area (Å²) < 4.78 is 39.3. The van der Waals surface area contributed by atoms with E-state index in [1.807, 2.05) is 12.2 Å². The standard InChI is InChI=1S/C56H95O11P/c1-4-7-10-13-16-19-22-25-26-29-30-33-36-39-42-45-54(58)63-49-53(67-56(60)47-44-41-38-35-32-28-24-21-18-15-12-9-6-3)51-65-68(61,62)64-50-52(48-57)66-55(59)46-43-40-37-34-31-27-23-20-17-14-11-8-5-2/h9,11-12,14,18,20-21,23,25-26,28,32,38,41,52-53,57H,4-8,10,13,15-17,19,22,24,27,29-31,33-37,39-40,42-51H2,1-3H3,(H,61,62)/b12-9-,14-11-,21-18-,23-20-,26-25-,32-28-,41-38-. The van der Waals surface area contributed by atoms with Gasteiger partial charge in [0.1, 0.15) is 12.7 Å². The molecule has 3 unspecified atom stereocenters. The quantitative estimate of drug-likeness (QED) is 0.0197. The van der Waals surface area contributed by atoms with Gasteiger partial charge in [0.15, 0.2) is 6.10 Å². The number of carbonyl (C=O) groups is 3. The van der Waals surface area contributed by atoms with Gasteiger partial charge in [0.05, 0.1) is 19.8 Å². The Labute approximate surface area is 413 Å². The highest BCUT2D eigenvalue weighted by Gasteiger charge is 2.28. The molecule has 0 aliphatic rings. The predicted octanol–water partition coefficient (Wildman–Crippen LogP) is 15.1. The van der Waals surface area contributed by atoms with E-state index >= 15 is 0 Å². The molecule has 3 atom stereocenters. The normalized spacial score (nSPS) is 14.1. The third kappa shape index (κ3) is 47.7. The van der Waals surface area contributed by atoms with E-state index in [2.05, 4.69) is 93.7 Å². The Morgan fingerprint density at radius 2 is 0.824 bits per heavy atom. The van der Waals surface area contributed by atoms with Crippen LogP contribution in [0.2, 0.25) is 0 Å². The fourth-order valence-electron chi connectivity index (χ4n) is 6.75. The van der Waals surface area contributed by atoms with Crippen LogP contribution in [0.25, 0.3) is 0 Å². The van der Waals surface area contributed by atoms with Gasteiger partial charge in [-0.25, -0.2) is 4.57 Å². The minimum Gasteiger partial charge on any atom is -0.462 e. The number of aliphatic hydroxyl groups is 1. The van der Waals surface area contributed by atoms with E-state index < -0.39 is 57.8 Å². The second kappa shape index (κ2) is 50.1. The number of ether oxygens (including phenoxy) is 3. The number of esters is 3. The molecule has 0 amide bonds. The third-order valence-electron chi connectivity index (χ3n) is 10.8. The maximum absolute atomic E-state index is 12.8. The van der Waals surface area contributed by atoms with Crippen LogP contribution in [0, 0.1) is 0 Å². The van der Waals surface area contributed by atoms with E-state index in [4.69, 9.17) is 23.3 Å². The number of unbranched alkanes of at least 4 members (excludes halogenated alkanes) is 17. The molecule has 0 aromatic rings. The summed E-state index contributed by atoms with van der Waals surface area (Å²) in [6, 6.07) is 0. The van der Waals surface area contributed by atoms with Crippen LogP contribution in [-0.4, -0.2) is 66.5 Å². The van der Waals surface area contributed by atoms with Gasteiger partial charge in [0.25, 0.3) is 0 Å². The largest absolute Gasteiger partial charge is 0.472 e. The van der Waals surface area contributed by atoms with E-state index in [1.165, 1.54) is 38.5 Å². The van der Waals surface area contributed by atoms with E-state index in [0.717, 1.165) is 116 Å². The van der Waals surface area contributed by atoms with E-state index in [-0.39, 0.29) is 25.9 Å². The molecule has 390 valence electrons. The van der Waals surface area contributed by atoms with Crippen molar-refractivity contribution in [2.75, 3.05) is 26.4 Å². The van der Waals surface area contributed by atoms with Gasteiger partial charge >= 0.3 is 25.7 Å². The van der Waals surface area contributed by atoms with Crippen molar-refractivity contribution in [3.8, 4) is 0 Å². The zero-order valence-electron chi connectivity index (χ0n) is 42.8. The van der Waals surface area contributed by atoms with Crippen molar-refractivity contribution in [2.24, 2.45) is 0 Å². The van der Waals surface area contributed by atoms with Crippen molar-refractivity contribution in [1.82, 2.24) is 0 Å². The molecule has 0 heterocycles. The molecule has 11 nitrogen and oxygen atoms in total. The molecule has 0 bridgehead atoms. The monoisotopic (exact) mass is 975 g/mol. The molecule has 68 heavy (non-hydrogen) atoms. The summed E-state index contributed by atoms with van der Waals surface area (Å²) in [5.74, 6) is -1.59. The Kier molecular flexibility index (Phi) is 47.6. The van der Waals surface area contributed by atoms with Gasteiger partial charge < -0.3 is 24.2 Å². The number of carbonyl (C=O) groups excluding carboxylic acids is 3. The Morgan fingerprint density at radius 1 is 0.426 bits per heavy atom. The molecule has 0 saturated carbocycles. The first kappa shape index (κ1) is 64.7. The number of rotatable bonds is 48. The molecule has 0 aliphatic carbocycles. The lowest BCUT2D eigenvalue weighted by Crippen LogP contribution is -2.30. The first-order valence-electron chi connectivity index (χ1n) is 26.5. The number of aliphatic hydroxyl groups excluding tert-OH is 1. The fraction of sp³-hybridized carbons (Fsp3) is 0.696. The highest BCUT2D eigenvalue weighted by atomic mass is 31.2. The fourth-order valence-corrected chi connectivity index (χ4v) is 7.54. The van der Waals surface area contributed by atoms with Gasteiger partial charge in [-0.1, -0.05) is 183 Å². The van der Waals surface area contributed by atoms with Crippen LogP contribution in [0.15, 0.2) is 85.1 Å². The predicted molar refractivity (Wildman–Crippen MR) is 279 cm³/mol. The second-order valence-electron chi connectivity index (χ2n) is 17.3. The number of hydrogen-bond acceptors (Lipinski definition) is 10. The minimum absolute atomic E-state index is 0.0412. The molecule has 0 aromatic heterocycles.